The van der Waals surface area contributed by atoms with Crippen LogP contribution in [0.4, 0.5) is 20.2 Å². The molecule has 12 heavy (non-hydrogen) atoms. The first-order valence-electron chi connectivity index (χ1n) is 3.01. The molecule has 0 aromatic carbocycles. The number of hydrogen-bond acceptors (Lipinski definition) is 3. The lowest BCUT2D eigenvalue weighted by Crippen LogP contribution is -2.02. The van der Waals surface area contributed by atoms with E-state index in [1.165, 1.54) is 0 Å². The van der Waals surface area contributed by atoms with Crippen molar-refractivity contribution in [1.29, 1.82) is 0 Å². The van der Waals surface area contributed by atoms with E-state index in [4.69, 9.17) is 23.1 Å². The highest BCUT2D eigenvalue weighted by Crippen LogP contribution is 2.33. The van der Waals surface area contributed by atoms with Crippen molar-refractivity contribution in [2.24, 2.45) is 0 Å². The van der Waals surface area contributed by atoms with Gasteiger partial charge in [-0.2, -0.15) is 0 Å². The molecule has 0 unspecified atom stereocenters. The van der Waals surface area contributed by atoms with Gasteiger partial charge in [0.1, 0.15) is 0 Å². The summed E-state index contributed by atoms with van der Waals surface area (Å²) in [6.07, 6.45) is -1.68. The number of nitrogen functional groups attached to an aromatic ring is 2. The maximum absolute atomic E-state index is 12.2. The van der Waals surface area contributed by atoms with E-state index in [9.17, 15) is 8.78 Å². The van der Waals surface area contributed by atoms with E-state index in [1.54, 1.807) is 0 Å². The number of anilines is 2. The molecule has 1 aromatic rings. The van der Waals surface area contributed by atoms with Crippen molar-refractivity contribution in [1.82, 2.24) is 4.98 Å². The molecule has 1 heterocycles. The Morgan fingerprint density at radius 3 is 2.42 bits per heavy atom. The summed E-state index contributed by atoms with van der Waals surface area (Å²) >= 11 is 5.40. The fraction of sp³-hybridized carbons (Fsp3) is 0.167. The highest BCUT2D eigenvalue weighted by molar-refractivity contribution is 6.32. The van der Waals surface area contributed by atoms with Gasteiger partial charge in [0.15, 0.2) is 5.15 Å². The predicted molar refractivity (Wildman–Crippen MR) is 43.0 cm³/mol. The zero-order valence-corrected chi connectivity index (χ0v) is 6.65. The molecule has 6 heteroatoms. The number of nitrogens with zero attached hydrogens (tertiary/aromatic N) is 1. The van der Waals surface area contributed by atoms with Crippen LogP contribution in [0.1, 0.15) is 12.0 Å². The lowest BCUT2D eigenvalue weighted by atomic mass is 10.2. The van der Waals surface area contributed by atoms with Crippen LogP contribution in [-0.4, -0.2) is 4.98 Å². The van der Waals surface area contributed by atoms with Crippen LogP contribution in [-0.2, 0) is 0 Å². The van der Waals surface area contributed by atoms with Gasteiger partial charge in [0.25, 0.3) is 6.43 Å². The number of hydrogen-bond donors (Lipinski definition) is 2. The van der Waals surface area contributed by atoms with E-state index in [-0.39, 0.29) is 16.5 Å². The van der Waals surface area contributed by atoms with Crippen molar-refractivity contribution in [3.8, 4) is 0 Å². The van der Waals surface area contributed by atoms with Crippen LogP contribution in [0.25, 0.3) is 0 Å². The first-order valence-corrected chi connectivity index (χ1v) is 3.39. The van der Waals surface area contributed by atoms with Crippen molar-refractivity contribution in [3.63, 3.8) is 0 Å². The van der Waals surface area contributed by atoms with E-state index in [0.717, 1.165) is 6.20 Å². The molecular weight excluding hydrogens is 188 g/mol. The summed E-state index contributed by atoms with van der Waals surface area (Å²) in [6, 6.07) is 0. The van der Waals surface area contributed by atoms with Gasteiger partial charge in [0.05, 0.1) is 23.1 Å². The Labute approximate surface area is 72.3 Å². The second kappa shape index (κ2) is 3.10. The van der Waals surface area contributed by atoms with Crippen LogP contribution in [0.5, 0.6) is 0 Å². The molecule has 0 fully saturated rings. The van der Waals surface area contributed by atoms with Gasteiger partial charge in [-0.05, 0) is 0 Å². The van der Waals surface area contributed by atoms with Crippen LogP contribution in [0.3, 0.4) is 0 Å². The van der Waals surface area contributed by atoms with E-state index in [1.807, 2.05) is 0 Å². The van der Waals surface area contributed by atoms with Gasteiger partial charge in [0.2, 0.25) is 0 Å². The third-order valence-electron chi connectivity index (χ3n) is 1.36. The molecule has 0 radical (unpaired) electrons. The summed E-state index contributed by atoms with van der Waals surface area (Å²) in [7, 11) is 0. The number of aromatic nitrogens is 1. The fourth-order valence-electron chi connectivity index (χ4n) is 0.775. The van der Waals surface area contributed by atoms with Crippen molar-refractivity contribution >= 4 is 23.0 Å². The van der Waals surface area contributed by atoms with Gasteiger partial charge in [-0.3, -0.25) is 0 Å². The third kappa shape index (κ3) is 1.40. The van der Waals surface area contributed by atoms with E-state index >= 15 is 0 Å². The molecule has 1 rings (SSSR count). The van der Waals surface area contributed by atoms with Gasteiger partial charge >= 0.3 is 0 Å². The second-order valence-electron chi connectivity index (χ2n) is 2.13. The standard InChI is InChI=1S/C6H6ClF2N3/c7-5-4(11)3(6(8)9)2(10)1-12-5/h1,6H,10-11H2. The normalized spacial score (nSPS) is 10.7. The Bertz CT molecular complexity index is 303. The first-order chi connectivity index (χ1) is 5.54. The lowest BCUT2D eigenvalue weighted by molar-refractivity contribution is 0.153. The number of halogens is 3. The van der Waals surface area contributed by atoms with Gasteiger partial charge in [-0.1, -0.05) is 11.6 Å². The quantitative estimate of drug-likeness (QED) is 0.669. The smallest absolute Gasteiger partial charge is 0.267 e. The topological polar surface area (TPSA) is 64.9 Å². The maximum Gasteiger partial charge on any atom is 0.267 e. The summed E-state index contributed by atoms with van der Waals surface area (Å²) in [6.45, 7) is 0. The van der Waals surface area contributed by atoms with E-state index in [2.05, 4.69) is 4.98 Å². The predicted octanol–water partition coefficient (Wildman–Crippen LogP) is 1.84. The zero-order chi connectivity index (χ0) is 9.30. The molecule has 4 N–H and O–H groups in total. The zero-order valence-electron chi connectivity index (χ0n) is 5.89. The Kier molecular flexibility index (Phi) is 2.32. The molecule has 0 atom stereocenters. The summed E-state index contributed by atoms with van der Waals surface area (Å²) in [5.74, 6) is 0. The molecule has 0 aliphatic carbocycles. The Morgan fingerprint density at radius 1 is 1.42 bits per heavy atom. The monoisotopic (exact) mass is 193 g/mol. The molecule has 0 aliphatic heterocycles. The van der Waals surface area contributed by atoms with Crippen molar-refractivity contribution in [3.05, 3.63) is 16.9 Å². The lowest BCUT2D eigenvalue weighted by Gasteiger charge is -2.07. The van der Waals surface area contributed by atoms with Gasteiger partial charge in [-0.15, -0.1) is 0 Å². The Hall–Kier alpha value is -1.10. The van der Waals surface area contributed by atoms with Crippen LogP contribution in [0, 0.1) is 0 Å². The molecule has 0 aliphatic rings. The molecule has 0 bridgehead atoms. The van der Waals surface area contributed by atoms with Crippen molar-refractivity contribution in [2.45, 2.75) is 6.43 Å². The Morgan fingerprint density at radius 2 is 2.00 bits per heavy atom. The summed E-state index contributed by atoms with van der Waals surface area (Å²) in [5, 5.41) is -0.153. The average molecular weight is 194 g/mol. The maximum atomic E-state index is 12.2. The highest BCUT2D eigenvalue weighted by atomic mass is 35.5. The largest absolute Gasteiger partial charge is 0.397 e. The molecule has 66 valence electrons. The summed E-state index contributed by atoms with van der Waals surface area (Å²) in [5.41, 5.74) is 9.59. The van der Waals surface area contributed by atoms with Gasteiger partial charge in [0, 0.05) is 0 Å². The Balaban J connectivity index is 3.33. The molecule has 3 nitrogen and oxygen atoms in total. The first kappa shape index (κ1) is 8.99. The summed E-state index contributed by atoms with van der Waals surface area (Å²) < 4.78 is 24.4. The fourth-order valence-corrected chi connectivity index (χ4v) is 0.926. The SMILES string of the molecule is Nc1cnc(Cl)c(N)c1C(F)F. The van der Waals surface area contributed by atoms with Crippen LogP contribution >= 0.6 is 11.6 Å². The third-order valence-corrected chi connectivity index (χ3v) is 1.66. The number of rotatable bonds is 1. The van der Waals surface area contributed by atoms with Crippen LogP contribution < -0.4 is 11.5 Å². The molecule has 0 amide bonds. The van der Waals surface area contributed by atoms with Crippen molar-refractivity contribution in [2.75, 3.05) is 11.5 Å². The molecule has 0 saturated heterocycles. The van der Waals surface area contributed by atoms with Crippen LogP contribution in [0.2, 0.25) is 5.15 Å². The minimum absolute atomic E-state index is 0.146. The second-order valence-corrected chi connectivity index (χ2v) is 2.49. The molecular formula is C6H6ClF2N3. The van der Waals surface area contributed by atoms with Gasteiger partial charge in [-0.25, -0.2) is 13.8 Å². The number of alkyl halides is 2. The molecule has 0 spiro atoms. The highest BCUT2D eigenvalue weighted by Gasteiger charge is 2.17. The minimum atomic E-state index is -2.73. The van der Waals surface area contributed by atoms with Crippen molar-refractivity contribution < 1.29 is 8.78 Å². The molecule has 0 saturated carbocycles. The number of nitrogens with two attached hydrogens (primary N) is 2. The minimum Gasteiger partial charge on any atom is -0.397 e. The van der Waals surface area contributed by atoms with Gasteiger partial charge < -0.3 is 11.5 Å². The average Bonchev–Trinajstić information content (AvgIpc) is 1.97. The van der Waals surface area contributed by atoms with Crippen LogP contribution in [0.15, 0.2) is 6.20 Å². The van der Waals surface area contributed by atoms with E-state index in [0.29, 0.717) is 0 Å². The summed E-state index contributed by atoms with van der Waals surface area (Å²) in [4.78, 5) is 3.50. The number of pyridine rings is 1. The van der Waals surface area contributed by atoms with E-state index < -0.39 is 12.0 Å². The molecule has 1 aromatic heterocycles.